The van der Waals surface area contributed by atoms with Crippen LogP contribution in [-0.4, -0.2) is 78.7 Å². The lowest BCUT2D eigenvalue weighted by molar-refractivity contribution is -0.142. The van der Waals surface area contributed by atoms with Gasteiger partial charge in [-0.2, -0.15) is 0 Å². The molecule has 3 amide bonds. The van der Waals surface area contributed by atoms with Gasteiger partial charge in [-0.3, -0.25) is 4.79 Å². The van der Waals surface area contributed by atoms with E-state index >= 15 is 0 Å². The van der Waals surface area contributed by atoms with Crippen molar-refractivity contribution in [3.05, 3.63) is 18.3 Å². The topological polar surface area (TPSA) is 78.0 Å². The van der Waals surface area contributed by atoms with E-state index in [1.54, 1.807) is 11.1 Å². The number of hydrogen-bond acceptors (Lipinski definition) is 5. The number of carbonyl (C=O) groups is 2. The summed E-state index contributed by atoms with van der Waals surface area (Å²) in [5.41, 5.74) is 0.752. The monoisotopic (exact) mass is 373 g/mol. The molecule has 1 atom stereocenters. The molecule has 0 bridgehead atoms. The van der Waals surface area contributed by atoms with Gasteiger partial charge < -0.3 is 24.8 Å². The average molecular weight is 373 g/mol. The van der Waals surface area contributed by atoms with Gasteiger partial charge in [-0.15, -0.1) is 0 Å². The average Bonchev–Trinajstić information content (AvgIpc) is 3.42. The van der Waals surface area contributed by atoms with Crippen molar-refractivity contribution in [2.75, 3.05) is 56.1 Å². The molecule has 4 rings (SSSR count). The Morgan fingerprint density at radius 3 is 2.48 bits per heavy atom. The summed E-state index contributed by atoms with van der Waals surface area (Å²) in [7, 11) is 0. The molecule has 27 heavy (non-hydrogen) atoms. The summed E-state index contributed by atoms with van der Waals surface area (Å²) < 4.78 is 5.49. The number of nitrogens with zero attached hydrogens (tertiary/aromatic N) is 4. The Balaban J connectivity index is 1.33. The van der Waals surface area contributed by atoms with Gasteiger partial charge >= 0.3 is 6.03 Å². The molecule has 1 aromatic rings. The van der Waals surface area contributed by atoms with Crippen LogP contribution in [0.1, 0.15) is 25.7 Å². The van der Waals surface area contributed by atoms with Gasteiger partial charge in [0.25, 0.3) is 5.91 Å². The molecule has 3 aliphatic rings. The molecule has 3 aliphatic heterocycles. The van der Waals surface area contributed by atoms with Crippen molar-refractivity contribution in [2.45, 2.75) is 31.8 Å². The Morgan fingerprint density at radius 1 is 1.04 bits per heavy atom. The standard InChI is InChI=1S/C19H27N5O3/c25-18(16-6-4-14-27-16)23-10-12-24(13-11-23)19(26)21-15-5-3-7-20-17(15)22-8-1-2-9-22/h3,5,7,16H,1-2,4,6,8-14H2,(H,21,26)/t16-/m1/s1. The van der Waals surface area contributed by atoms with Crippen LogP contribution in [0.4, 0.5) is 16.3 Å². The van der Waals surface area contributed by atoms with Crippen LogP contribution >= 0.6 is 0 Å². The van der Waals surface area contributed by atoms with Crippen molar-refractivity contribution in [3.63, 3.8) is 0 Å². The van der Waals surface area contributed by atoms with Crippen LogP contribution in [-0.2, 0) is 9.53 Å². The zero-order chi connectivity index (χ0) is 18.6. The molecule has 1 N–H and O–H groups in total. The fourth-order valence-electron chi connectivity index (χ4n) is 3.98. The van der Waals surface area contributed by atoms with Crippen LogP contribution < -0.4 is 10.2 Å². The maximum Gasteiger partial charge on any atom is 0.322 e. The number of anilines is 2. The van der Waals surface area contributed by atoms with Crippen LogP contribution in [0, 0.1) is 0 Å². The Kier molecular flexibility index (Phi) is 5.42. The molecule has 146 valence electrons. The first-order valence-corrected chi connectivity index (χ1v) is 9.88. The van der Waals surface area contributed by atoms with Crippen LogP contribution in [0.2, 0.25) is 0 Å². The third-order valence-corrected chi connectivity index (χ3v) is 5.52. The largest absolute Gasteiger partial charge is 0.368 e. The van der Waals surface area contributed by atoms with Crippen LogP contribution in [0.3, 0.4) is 0 Å². The van der Waals surface area contributed by atoms with E-state index in [1.165, 1.54) is 0 Å². The minimum atomic E-state index is -0.288. The van der Waals surface area contributed by atoms with Crippen LogP contribution in [0.15, 0.2) is 18.3 Å². The van der Waals surface area contributed by atoms with Crippen molar-refractivity contribution < 1.29 is 14.3 Å². The summed E-state index contributed by atoms with van der Waals surface area (Å²) in [5, 5.41) is 3.01. The van der Waals surface area contributed by atoms with Gasteiger partial charge in [-0.05, 0) is 37.8 Å². The number of pyridine rings is 1. The van der Waals surface area contributed by atoms with E-state index in [9.17, 15) is 9.59 Å². The number of urea groups is 1. The Bertz CT molecular complexity index is 678. The molecule has 0 unspecified atom stereocenters. The summed E-state index contributed by atoms with van der Waals surface area (Å²) in [4.78, 5) is 35.4. The molecule has 8 nitrogen and oxygen atoms in total. The third kappa shape index (κ3) is 4.00. The van der Waals surface area contributed by atoms with Crippen LogP contribution in [0.5, 0.6) is 0 Å². The van der Waals surface area contributed by atoms with Gasteiger partial charge in [0.15, 0.2) is 5.82 Å². The van der Waals surface area contributed by atoms with Gasteiger partial charge in [0, 0.05) is 52.1 Å². The molecular weight excluding hydrogens is 346 g/mol. The normalized spacial score (nSPS) is 23.0. The molecule has 0 aliphatic carbocycles. The highest BCUT2D eigenvalue weighted by Gasteiger charge is 2.31. The highest BCUT2D eigenvalue weighted by atomic mass is 16.5. The summed E-state index contributed by atoms with van der Waals surface area (Å²) >= 11 is 0. The molecule has 0 saturated carbocycles. The minimum absolute atomic E-state index is 0.0659. The van der Waals surface area contributed by atoms with Crippen molar-refractivity contribution in [2.24, 2.45) is 0 Å². The number of ether oxygens (including phenoxy) is 1. The summed E-state index contributed by atoms with van der Waals surface area (Å²) in [6.07, 6.45) is 5.54. The molecule has 0 radical (unpaired) electrons. The second-order valence-electron chi connectivity index (χ2n) is 7.31. The first kappa shape index (κ1) is 18.0. The number of carbonyl (C=O) groups excluding carboxylic acids is 2. The lowest BCUT2D eigenvalue weighted by atomic mass is 10.2. The summed E-state index contributed by atoms with van der Waals surface area (Å²) in [6.45, 7) is 4.79. The lowest BCUT2D eigenvalue weighted by Gasteiger charge is -2.35. The Hall–Kier alpha value is -2.35. The van der Waals surface area contributed by atoms with E-state index in [0.29, 0.717) is 32.8 Å². The number of piperazine rings is 1. The summed E-state index contributed by atoms with van der Waals surface area (Å²) in [5.74, 6) is 0.909. The molecule has 3 fully saturated rings. The van der Waals surface area contributed by atoms with E-state index in [4.69, 9.17) is 4.74 Å². The number of amides is 3. The fraction of sp³-hybridized carbons (Fsp3) is 0.632. The Morgan fingerprint density at radius 2 is 1.78 bits per heavy atom. The quantitative estimate of drug-likeness (QED) is 0.870. The molecular formula is C19H27N5O3. The van der Waals surface area contributed by atoms with Crippen molar-refractivity contribution >= 4 is 23.4 Å². The van der Waals surface area contributed by atoms with Gasteiger partial charge in [-0.1, -0.05) is 0 Å². The van der Waals surface area contributed by atoms with Gasteiger partial charge in [-0.25, -0.2) is 9.78 Å². The van der Waals surface area contributed by atoms with Crippen molar-refractivity contribution in [1.29, 1.82) is 0 Å². The zero-order valence-electron chi connectivity index (χ0n) is 15.6. The molecule has 0 aromatic carbocycles. The fourth-order valence-corrected chi connectivity index (χ4v) is 3.98. The predicted octanol–water partition coefficient (Wildman–Crippen LogP) is 1.54. The van der Waals surface area contributed by atoms with Crippen molar-refractivity contribution in [3.8, 4) is 0 Å². The van der Waals surface area contributed by atoms with Crippen LogP contribution in [0.25, 0.3) is 0 Å². The Labute approximate surface area is 159 Å². The van der Waals surface area contributed by atoms with E-state index in [1.807, 2.05) is 17.0 Å². The third-order valence-electron chi connectivity index (χ3n) is 5.52. The van der Waals surface area contributed by atoms with Crippen molar-refractivity contribution in [1.82, 2.24) is 14.8 Å². The SMILES string of the molecule is O=C(Nc1cccnc1N1CCCC1)N1CCN(C(=O)[C@H]2CCCO2)CC1. The highest BCUT2D eigenvalue weighted by molar-refractivity contribution is 5.92. The first-order chi connectivity index (χ1) is 13.2. The van der Waals surface area contributed by atoms with E-state index < -0.39 is 0 Å². The van der Waals surface area contributed by atoms with Gasteiger partial charge in [0.1, 0.15) is 6.10 Å². The predicted molar refractivity (Wildman–Crippen MR) is 102 cm³/mol. The number of aromatic nitrogens is 1. The second kappa shape index (κ2) is 8.12. The number of rotatable bonds is 3. The smallest absolute Gasteiger partial charge is 0.322 e. The minimum Gasteiger partial charge on any atom is -0.368 e. The molecule has 4 heterocycles. The molecule has 8 heteroatoms. The highest BCUT2D eigenvalue weighted by Crippen LogP contribution is 2.26. The number of hydrogen-bond donors (Lipinski definition) is 1. The zero-order valence-corrected chi connectivity index (χ0v) is 15.6. The lowest BCUT2D eigenvalue weighted by Crippen LogP contribution is -2.53. The van der Waals surface area contributed by atoms with Gasteiger partial charge in [0.05, 0.1) is 5.69 Å². The summed E-state index contributed by atoms with van der Waals surface area (Å²) in [6, 6.07) is 3.61. The number of nitrogens with one attached hydrogen (secondary N) is 1. The van der Waals surface area contributed by atoms with E-state index in [0.717, 1.165) is 50.3 Å². The van der Waals surface area contributed by atoms with E-state index in [2.05, 4.69) is 15.2 Å². The maximum absolute atomic E-state index is 12.7. The van der Waals surface area contributed by atoms with Gasteiger partial charge in [0.2, 0.25) is 0 Å². The molecule has 3 saturated heterocycles. The van der Waals surface area contributed by atoms with E-state index in [-0.39, 0.29) is 18.0 Å². The molecule has 1 aromatic heterocycles. The maximum atomic E-state index is 12.7. The second-order valence-corrected chi connectivity index (χ2v) is 7.31. The molecule has 0 spiro atoms. The first-order valence-electron chi connectivity index (χ1n) is 9.88.